The number of benzene rings is 2. The van der Waals surface area contributed by atoms with Crippen LogP contribution in [0.25, 0.3) is 22.2 Å². The smallest absolute Gasteiger partial charge is 0.305 e. The molecule has 0 bridgehead atoms. The number of hydrogen-bond donors (Lipinski definition) is 1. The quantitative estimate of drug-likeness (QED) is 0.433. The molecule has 0 saturated carbocycles. The zero-order valence-corrected chi connectivity index (χ0v) is 17.0. The largest absolute Gasteiger partial charge is 0.493 e. The lowest BCUT2D eigenvalue weighted by Gasteiger charge is -2.13. The number of methoxy groups -OCH3 is 1. The Morgan fingerprint density at radius 3 is 2.72 bits per heavy atom. The zero-order chi connectivity index (χ0) is 20.8. The van der Waals surface area contributed by atoms with Gasteiger partial charge in [0.05, 0.1) is 31.5 Å². The van der Waals surface area contributed by atoms with Gasteiger partial charge in [0.2, 0.25) is 5.95 Å². The lowest BCUT2D eigenvalue weighted by molar-refractivity contribution is -0.143. The maximum Gasteiger partial charge on any atom is 0.305 e. The third kappa shape index (κ3) is 5.06. The molecule has 0 saturated heterocycles. The van der Waals surface area contributed by atoms with Crippen LogP contribution in [0.5, 0.6) is 11.5 Å². The van der Waals surface area contributed by atoms with E-state index in [1.807, 2.05) is 12.1 Å². The summed E-state index contributed by atoms with van der Waals surface area (Å²) in [6.07, 6.45) is 0.826. The van der Waals surface area contributed by atoms with Crippen molar-refractivity contribution in [2.24, 2.45) is 0 Å². The Kier molecular flexibility index (Phi) is 6.72. The van der Waals surface area contributed by atoms with E-state index in [4.69, 9.17) is 31.5 Å². The Morgan fingerprint density at radius 2 is 1.97 bits per heavy atom. The molecule has 3 rings (SSSR count). The third-order valence-corrected chi connectivity index (χ3v) is 4.44. The Hall–Kier alpha value is -3.06. The van der Waals surface area contributed by atoms with E-state index >= 15 is 0 Å². The lowest BCUT2D eigenvalue weighted by Crippen LogP contribution is -2.07. The van der Waals surface area contributed by atoms with Crippen molar-refractivity contribution in [3.8, 4) is 22.8 Å². The lowest BCUT2D eigenvalue weighted by atomic mass is 10.1. The van der Waals surface area contributed by atoms with Crippen LogP contribution in [-0.4, -0.2) is 36.3 Å². The summed E-state index contributed by atoms with van der Waals surface area (Å²) in [6.45, 7) is 2.49. The monoisotopic (exact) mass is 415 g/mol. The molecule has 1 aromatic heterocycles. The summed E-state index contributed by atoms with van der Waals surface area (Å²) in [5, 5.41) is 1.36. The number of nitrogens with two attached hydrogens (primary N) is 1. The van der Waals surface area contributed by atoms with Gasteiger partial charge in [0.25, 0.3) is 0 Å². The van der Waals surface area contributed by atoms with E-state index in [-0.39, 0.29) is 11.9 Å². The van der Waals surface area contributed by atoms with Gasteiger partial charge in [-0.1, -0.05) is 11.6 Å². The van der Waals surface area contributed by atoms with Crippen LogP contribution in [0, 0.1) is 0 Å². The number of aromatic nitrogens is 2. The number of esters is 1. The van der Waals surface area contributed by atoms with E-state index in [1.54, 1.807) is 38.3 Å². The first-order valence-electron chi connectivity index (χ1n) is 9.21. The number of fused-ring (bicyclic) bond motifs is 1. The Morgan fingerprint density at radius 1 is 1.14 bits per heavy atom. The number of rotatable bonds is 8. The summed E-state index contributed by atoms with van der Waals surface area (Å²) in [4.78, 5) is 20.1. The van der Waals surface area contributed by atoms with Gasteiger partial charge in [0.1, 0.15) is 0 Å². The number of carbonyl (C=O) groups excluding carboxylic acids is 1. The maximum atomic E-state index is 11.5. The Labute approximate surface area is 173 Å². The fraction of sp³-hybridized carbons (Fsp3) is 0.286. The fourth-order valence-corrected chi connectivity index (χ4v) is 3.08. The molecule has 0 aliphatic rings. The van der Waals surface area contributed by atoms with Crippen molar-refractivity contribution in [3.05, 3.63) is 41.4 Å². The molecule has 152 valence electrons. The fourth-order valence-electron chi connectivity index (χ4n) is 2.91. The number of nitrogen functional groups attached to an aromatic ring is 1. The van der Waals surface area contributed by atoms with Crippen molar-refractivity contribution in [1.82, 2.24) is 9.97 Å². The van der Waals surface area contributed by atoms with Crippen LogP contribution in [0.3, 0.4) is 0 Å². The Bertz CT molecular complexity index is 1030. The minimum absolute atomic E-state index is 0.169. The number of hydrogen-bond acceptors (Lipinski definition) is 7. The summed E-state index contributed by atoms with van der Waals surface area (Å²) in [5.74, 6) is 1.05. The second-order valence-electron chi connectivity index (χ2n) is 6.21. The first-order chi connectivity index (χ1) is 14.0. The van der Waals surface area contributed by atoms with Crippen molar-refractivity contribution in [2.45, 2.75) is 19.8 Å². The molecule has 0 unspecified atom stereocenters. The second kappa shape index (κ2) is 9.43. The van der Waals surface area contributed by atoms with Gasteiger partial charge in [-0.15, -0.1) is 0 Å². The number of carbonyl (C=O) groups is 1. The summed E-state index contributed by atoms with van der Waals surface area (Å²) >= 11 is 6.16. The van der Waals surface area contributed by atoms with Crippen molar-refractivity contribution in [3.63, 3.8) is 0 Å². The van der Waals surface area contributed by atoms with Crippen LogP contribution in [0.15, 0.2) is 36.4 Å². The van der Waals surface area contributed by atoms with Crippen LogP contribution in [0.4, 0.5) is 5.95 Å². The van der Waals surface area contributed by atoms with E-state index in [2.05, 4.69) is 9.97 Å². The van der Waals surface area contributed by atoms with Gasteiger partial charge >= 0.3 is 5.97 Å². The number of ether oxygens (including phenoxy) is 3. The standard InChI is InChI=1S/C21H22ClN3O4/c1-3-28-19(26)5-4-10-29-18-11-13(6-9-17(18)27-2)20-15-12-14(22)7-8-16(15)24-21(23)25-20/h6-9,11-12H,3-5,10H2,1-2H3,(H2,23,24,25). The van der Waals surface area contributed by atoms with Crippen molar-refractivity contribution >= 4 is 34.4 Å². The molecular weight excluding hydrogens is 394 g/mol. The molecule has 2 aromatic carbocycles. The molecule has 0 aliphatic heterocycles. The van der Waals surface area contributed by atoms with Gasteiger partial charge in [0.15, 0.2) is 11.5 Å². The predicted octanol–water partition coefficient (Wildman–Crippen LogP) is 4.26. The SMILES string of the molecule is CCOC(=O)CCCOc1cc(-c2nc(N)nc3ccc(Cl)cc23)ccc1OC. The van der Waals surface area contributed by atoms with Gasteiger partial charge in [-0.05, 0) is 49.7 Å². The molecule has 0 fully saturated rings. The minimum Gasteiger partial charge on any atom is -0.493 e. The summed E-state index contributed by atoms with van der Waals surface area (Å²) in [5.41, 5.74) is 8.02. The van der Waals surface area contributed by atoms with Crippen molar-refractivity contribution in [1.29, 1.82) is 0 Å². The zero-order valence-electron chi connectivity index (χ0n) is 16.3. The van der Waals surface area contributed by atoms with Crippen molar-refractivity contribution < 1.29 is 19.0 Å². The first kappa shape index (κ1) is 20.7. The molecule has 0 aliphatic carbocycles. The molecule has 0 spiro atoms. The Balaban J connectivity index is 1.88. The summed E-state index contributed by atoms with van der Waals surface area (Å²) < 4.78 is 16.2. The third-order valence-electron chi connectivity index (χ3n) is 4.20. The van der Waals surface area contributed by atoms with E-state index in [0.717, 1.165) is 10.9 Å². The molecular formula is C21H22ClN3O4. The second-order valence-corrected chi connectivity index (χ2v) is 6.65. The average molecular weight is 416 g/mol. The molecule has 0 radical (unpaired) electrons. The van der Waals surface area contributed by atoms with E-state index < -0.39 is 0 Å². The van der Waals surface area contributed by atoms with Crippen LogP contribution >= 0.6 is 11.6 Å². The maximum absolute atomic E-state index is 11.5. The van der Waals surface area contributed by atoms with Gasteiger partial charge in [-0.3, -0.25) is 4.79 Å². The van der Waals surface area contributed by atoms with Gasteiger partial charge < -0.3 is 19.9 Å². The molecule has 29 heavy (non-hydrogen) atoms. The highest BCUT2D eigenvalue weighted by atomic mass is 35.5. The molecule has 8 heteroatoms. The molecule has 1 heterocycles. The first-order valence-corrected chi connectivity index (χ1v) is 9.59. The number of halogens is 1. The molecule has 2 N–H and O–H groups in total. The number of nitrogens with zero attached hydrogens (tertiary/aromatic N) is 2. The minimum atomic E-state index is -0.239. The molecule has 7 nitrogen and oxygen atoms in total. The highest BCUT2D eigenvalue weighted by molar-refractivity contribution is 6.31. The highest BCUT2D eigenvalue weighted by Crippen LogP contribution is 2.35. The van der Waals surface area contributed by atoms with Crippen LogP contribution in [0.1, 0.15) is 19.8 Å². The average Bonchev–Trinajstić information content (AvgIpc) is 2.71. The van der Waals surface area contributed by atoms with Crippen molar-refractivity contribution in [2.75, 3.05) is 26.1 Å². The van der Waals surface area contributed by atoms with E-state index in [0.29, 0.717) is 53.8 Å². The summed E-state index contributed by atoms with van der Waals surface area (Å²) in [7, 11) is 1.57. The molecule has 0 amide bonds. The molecule has 3 aromatic rings. The van der Waals surface area contributed by atoms with E-state index in [9.17, 15) is 4.79 Å². The highest BCUT2D eigenvalue weighted by Gasteiger charge is 2.13. The normalized spacial score (nSPS) is 10.7. The van der Waals surface area contributed by atoms with Crippen LogP contribution < -0.4 is 15.2 Å². The van der Waals surface area contributed by atoms with Crippen LogP contribution in [-0.2, 0) is 9.53 Å². The topological polar surface area (TPSA) is 96.6 Å². The predicted molar refractivity (Wildman–Crippen MR) is 112 cm³/mol. The van der Waals surface area contributed by atoms with Crippen LogP contribution in [0.2, 0.25) is 5.02 Å². The van der Waals surface area contributed by atoms with Gasteiger partial charge in [-0.25, -0.2) is 9.97 Å². The summed E-state index contributed by atoms with van der Waals surface area (Å²) in [6, 6.07) is 10.8. The van der Waals surface area contributed by atoms with Gasteiger partial charge in [-0.2, -0.15) is 0 Å². The molecule has 0 atom stereocenters. The van der Waals surface area contributed by atoms with E-state index in [1.165, 1.54) is 0 Å². The van der Waals surface area contributed by atoms with Gasteiger partial charge in [0, 0.05) is 22.4 Å². The number of anilines is 1.